The van der Waals surface area contributed by atoms with Gasteiger partial charge in [-0.15, -0.1) is 0 Å². The van der Waals surface area contributed by atoms with Crippen molar-refractivity contribution in [1.29, 1.82) is 0 Å². The molecule has 0 spiro atoms. The second-order valence-corrected chi connectivity index (χ2v) is 7.18. The van der Waals surface area contributed by atoms with Crippen LogP contribution in [0.3, 0.4) is 0 Å². The lowest BCUT2D eigenvalue weighted by Gasteiger charge is -2.31. The molecule has 2 fully saturated rings. The zero-order valence-electron chi connectivity index (χ0n) is 13.8. The molecule has 0 saturated heterocycles. The Kier molecular flexibility index (Phi) is 4.87. The first kappa shape index (κ1) is 14.9. The van der Waals surface area contributed by atoms with E-state index in [0.717, 1.165) is 17.6 Å². The van der Waals surface area contributed by atoms with Crippen molar-refractivity contribution in [2.45, 2.75) is 90.1 Å². The summed E-state index contributed by atoms with van der Waals surface area (Å²) in [6.45, 7) is 4.46. The second-order valence-electron chi connectivity index (χ2n) is 7.18. The Morgan fingerprint density at radius 2 is 1.81 bits per heavy atom. The molecule has 2 saturated carbocycles. The average molecular weight is 289 g/mol. The third-order valence-corrected chi connectivity index (χ3v) is 5.58. The van der Waals surface area contributed by atoms with Crippen LogP contribution in [0.15, 0.2) is 6.20 Å². The molecule has 0 aliphatic heterocycles. The maximum atomic E-state index is 4.77. The van der Waals surface area contributed by atoms with Crippen molar-refractivity contribution in [3.05, 3.63) is 11.9 Å². The van der Waals surface area contributed by atoms with E-state index in [1.165, 1.54) is 64.2 Å². The SMILES string of the molecule is CCC1CCC(n2cc(C)nc2NC2CCCCC2)CC1. The maximum Gasteiger partial charge on any atom is 0.203 e. The van der Waals surface area contributed by atoms with E-state index in [9.17, 15) is 0 Å². The van der Waals surface area contributed by atoms with Crippen molar-refractivity contribution >= 4 is 5.95 Å². The van der Waals surface area contributed by atoms with Gasteiger partial charge in [0.1, 0.15) is 0 Å². The lowest BCUT2D eigenvalue weighted by atomic mass is 9.84. The zero-order chi connectivity index (χ0) is 14.7. The van der Waals surface area contributed by atoms with E-state index in [1.807, 2.05) is 0 Å². The van der Waals surface area contributed by atoms with Crippen molar-refractivity contribution in [2.24, 2.45) is 5.92 Å². The van der Waals surface area contributed by atoms with Gasteiger partial charge in [-0.3, -0.25) is 0 Å². The number of hydrogen-bond donors (Lipinski definition) is 1. The van der Waals surface area contributed by atoms with Crippen LogP contribution < -0.4 is 5.32 Å². The quantitative estimate of drug-likeness (QED) is 0.838. The molecule has 21 heavy (non-hydrogen) atoms. The topological polar surface area (TPSA) is 29.9 Å². The molecule has 1 heterocycles. The van der Waals surface area contributed by atoms with Gasteiger partial charge in [-0.05, 0) is 51.4 Å². The highest BCUT2D eigenvalue weighted by atomic mass is 15.2. The molecule has 3 rings (SSSR count). The molecule has 0 unspecified atom stereocenters. The molecule has 1 N–H and O–H groups in total. The van der Waals surface area contributed by atoms with Crippen LogP contribution in [0.2, 0.25) is 0 Å². The van der Waals surface area contributed by atoms with Gasteiger partial charge in [0, 0.05) is 18.3 Å². The molecule has 2 aliphatic rings. The predicted octanol–water partition coefficient (Wildman–Crippen LogP) is 5.08. The molecular formula is C18H31N3. The number of hydrogen-bond acceptors (Lipinski definition) is 2. The van der Waals surface area contributed by atoms with Crippen LogP contribution in [0.25, 0.3) is 0 Å². The fraction of sp³-hybridized carbons (Fsp3) is 0.833. The first-order valence-electron chi connectivity index (χ1n) is 9.08. The fourth-order valence-electron chi connectivity index (χ4n) is 4.16. The smallest absolute Gasteiger partial charge is 0.203 e. The summed E-state index contributed by atoms with van der Waals surface area (Å²) >= 11 is 0. The van der Waals surface area contributed by atoms with Crippen molar-refractivity contribution < 1.29 is 0 Å². The molecule has 0 radical (unpaired) electrons. The highest BCUT2D eigenvalue weighted by molar-refractivity contribution is 5.31. The lowest BCUT2D eigenvalue weighted by molar-refractivity contribution is 0.270. The minimum atomic E-state index is 0.645. The lowest BCUT2D eigenvalue weighted by Crippen LogP contribution is -2.26. The minimum absolute atomic E-state index is 0.645. The molecule has 118 valence electrons. The van der Waals surface area contributed by atoms with Crippen molar-refractivity contribution in [2.75, 3.05) is 5.32 Å². The monoisotopic (exact) mass is 289 g/mol. The van der Waals surface area contributed by atoms with Crippen LogP contribution in [-0.4, -0.2) is 15.6 Å². The van der Waals surface area contributed by atoms with Gasteiger partial charge < -0.3 is 9.88 Å². The van der Waals surface area contributed by atoms with E-state index in [0.29, 0.717) is 12.1 Å². The number of rotatable bonds is 4. The molecule has 0 bridgehead atoms. The Balaban J connectivity index is 1.67. The molecule has 3 heteroatoms. The summed E-state index contributed by atoms with van der Waals surface area (Å²) in [7, 11) is 0. The van der Waals surface area contributed by atoms with Crippen molar-refractivity contribution in [3.8, 4) is 0 Å². The molecule has 0 aromatic carbocycles. The molecule has 0 amide bonds. The largest absolute Gasteiger partial charge is 0.353 e. The number of anilines is 1. The highest BCUT2D eigenvalue weighted by Crippen LogP contribution is 2.35. The van der Waals surface area contributed by atoms with Crippen molar-refractivity contribution in [1.82, 2.24) is 9.55 Å². The fourth-order valence-corrected chi connectivity index (χ4v) is 4.16. The van der Waals surface area contributed by atoms with Crippen LogP contribution in [-0.2, 0) is 0 Å². The summed E-state index contributed by atoms with van der Waals surface area (Å²) in [5.74, 6) is 2.10. The number of aryl methyl sites for hydroxylation is 1. The van der Waals surface area contributed by atoms with Gasteiger partial charge in [-0.2, -0.15) is 0 Å². The number of imidazole rings is 1. The molecule has 1 aromatic rings. The van der Waals surface area contributed by atoms with Crippen molar-refractivity contribution in [3.63, 3.8) is 0 Å². The zero-order valence-corrected chi connectivity index (χ0v) is 13.8. The van der Waals surface area contributed by atoms with Gasteiger partial charge in [-0.25, -0.2) is 4.98 Å². The summed E-state index contributed by atoms with van der Waals surface area (Å²) in [5, 5.41) is 3.74. The molecule has 3 nitrogen and oxygen atoms in total. The van der Waals surface area contributed by atoms with E-state index in [4.69, 9.17) is 4.98 Å². The van der Waals surface area contributed by atoms with E-state index in [-0.39, 0.29) is 0 Å². The van der Waals surface area contributed by atoms with Gasteiger partial charge in [-0.1, -0.05) is 32.6 Å². The van der Waals surface area contributed by atoms with E-state index in [1.54, 1.807) is 0 Å². The average Bonchev–Trinajstić information content (AvgIpc) is 2.89. The van der Waals surface area contributed by atoms with E-state index < -0.39 is 0 Å². The second kappa shape index (κ2) is 6.85. The molecular weight excluding hydrogens is 258 g/mol. The Morgan fingerprint density at radius 1 is 1.10 bits per heavy atom. The third kappa shape index (κ3) is 3.61. The predicted molar refractivity (Wildman–Crippen MR) is 88.7 cm³/mol. The first-order valence-corrected chi connectivity index (χ1v) is 9.08. The van der Waals surface area contributed by atoms with Crippen LogP contribution >= 0.6 is 0 Å². The summed E-state index contributed by atoms with van der Waals surface area (Å²) in [6.07, 6.45) is 15.8. The molecule has 0 atom stereocenters. The summed E-state index contributed by atoms with van der Waals surface area (Å²) in [5.41, 5.74) is 1.16. The maximum absolute atomic E-state index is 4.77. The number of nitrogens with one attached hydrogen (secondary N) is 1. The van der Waals surface area contributed by atoms with E-state index in [2.05, 4.69) is 29.9 Å². The van der Waals surface area contributed by atoms with Gasteiger partial charge in [0.15, 0.2) is 0 Å². The van der Waals surface area contributed by atoms with Crippen LogP contribution in [0.1, 0.15) is 82.9 Å². The summed E-state index contributed by atoms with van der Waals surface area (Å²) in [6, 6.07) is 1.31. The summed E-state index contributed by atoms with van der Waals surface area (Å²) < 4.78 is 2.45. The Bertz CT molecular complexity index is 437. The Labute approximate surface area is 129 Å². The third-order valence-electron chi connectivity index (χ3n) is 5.58. The molecule has 1 aromatic heterocycles. The van der Waals surface area contributed by atoms with Gasteiger partial charge >= 0.3 is 0 Å². The van der Waals surface area contributed by atoms with Crippen LogP contribution in [0.5, 0.6) is 0 Å². The normalized spacial score (nSPS) is 27.7. The Hall–Kier alpha value is -0.990. The van der Waals surface area contributed by atoms with Gasteiger partial charge in [0.05, 0.1) is 5.69 Å². The van der Waals surface area contributed by atoms with Crippen LogP contribution in [0, 0.1) is 12.8 Å². The number of aromatic nitrogens is 2. The standard InChI is InChI=1S/C18H31N3/c1-3-15-9-11-17(12-10-15)21-13-14(2)19-18(21)20-16-7-5-4-6-8-16/h13,15-17H,3-12H2,1-2H3,(H,19,20). The number of nitrogens with zero attached hydrogens (tertiary/aromatic N) is 2. The Morgan fingerprint density at radius 3 is 2.48 bits per heavy atom. The van der Waals surface area contributed by atoms with E-state index >= 15 is 0 Å². The van der Waals surface area contributed by atoms with Crippen LogP contribution in [0.4, 0.5) is 5.95 Å². The highest BCUT2D eigenvalue weighted by Gasteiger charge is 2.24. The first-order chi connectivity index (χ1) is 10.3. The van der Waals surface area contributed by atoms with Gasteiger partial charge in [0.2, 0.25) is 5.95 Å². The van der Waals surface area contributed by atoms with Gasteiger partial charge in [0.25, 0.3) is 0 Å². The summed E-state index contributed by atoms with van der Waals surface area (Å²) in [4.78, 5) is 4.77. The minimum Gasteiger partial charge on any atom is -0.353 e. The molecule has 2 aliphatic carbocycles.